The van der Waals surface area contributed by atoms with E-state index in [1.54, 1.807) is 6.20 Å². The summed E-state index contributed by atoms with van der Waals surface area (Å²) in [5.74, 6) is -0.491. The lowest BCUT2D eigenvalue weighted by molar-refractivity contribution is 0.0951. The Morgan fingerprint density at radius 3 is 2.73 bits per heavy atom. The topological polar surface area (TPSA) is 66.8 Å². The summed E-state index contributed by atoms with van der Waals surface area (Å²) in [5, 5.41) is 2.99. The minimum Gasteiger partial charge on any atom is -0.487 e. The van der Waals surface area contributed by atoms with E-state index >= 15 is 4.39 Å². The van der Waals surface area contributed by atoms with Crippen molar-refractivity contribution < 1.29 is 13.9 Å². The molecule has 0 spiro atoms. The van der Waals surface area contributed by atoms with Crippen LogP contribution in [0.3, 0.4) is 0 Å². The van der Waals surface area contributed by atoms with Crippen LogP contribution in [0.2, 0.25) is 0 Å². The standard InChI is InChI=1S/C22H29FN4O3/c1-4-5-6-24-22(29)16-12-27-14(2)13-30-21-18(27)15(20(16)28)11-17(23)19(21)26-9-7-25(3)8-10-26/h11-12,14H,4-10,13H2,1-3H3,(H,24,29)/t14-/m0/s1. The molecule has 1 atom stereocenters. The summed E-state index contributed by atoms with van der Waals surface area (Å²) < 4.78 is 23.2. The molecule has 162 valence electrons. The molecule has 0 aliphatic carbocycles. The third kappa shape index (κ3) is 3.53. The monoisotopic (exact) mass is 416 g/mol. The van der Waals surface area contributed by atoms with Crippen molar-refractivity contribution in [3.63, 3.8) is 0 Å². The highest BCUT2D eigenvalue weighted by Gasteiger charge is 2.30. The lowest BCUT2D eigenvalue weighted by Gasteiger charge is -2.37. The second-order valence-corrected chi connectivity index (χ2v) is 8.27. The number of anilines is 1. The molecule has 2 aromatic rings. The number of halogens is 1. The minimum absolute atomic E-state index is 0.0463. The second-order valence-electron chi connectivity index (χ2n) is 8.27. The molecule has 1 aromatic heterocycles. The molecule has 0 bridgehead atoms. The fourth-order valence-corrected chi connectivity index (χ4v) is 4.17. The van der Waals surface area contributed by atoms with E-state index in [-0.39, 0.29) is 17.0 Å². The van der Waals surface area contributed by atoms with Crippen LogP contribution in [-0.4, -0.2) is 61.8 Å². The van der Waals surface area contributed by atoms with Crippen molar-refractivity contribution in [2.24, 2.45) is 0 Å². The smallest absolute Gasteiger partial charge is 0.256 e. The number of amides is 1. The largest absolute Gasteiger partial charge is 0.487 e. The number of unbranched alkanes of at least 4 members (excludes halogenated alkanes) is 1. The maximum absolute atomic E-state index is 15.3. The minimum atomic E-state index is -0.483. The summed E-state index contributed by atoms with van der Waals surface area (Å²) in [6.45, 7) is 7.89. The van der Waals surface area contributed by atoms with Gasteiger partial charge in [-0.05, 0) is 26.5 Å². The zero-order valence-corrected chi connectivity index (χ0v) is 17.8. The number of aromatic nitrogens is 1. The third-order valence-electron chi connectivity index (χ3n) is 6.02. The first kappa shape index (κ1) is 20.7. The Morgan fingerprint density at radius 2 is 2.03 bits per heavy atom. The van der Waals surface area contributed by atoms with Crippen LogP contribution < -0.4 is 20.4 Å². The molecule has 7 nitrogen and oxygen atoms in total. The number of nitrogens with zero attached hydrogens (tertiary/aromatic N) is 3. The molecule has 2 aliphatic rings. The van der Waals surface area contributed by atoms with Gasteiger partial charge in [0.05, 0.1) is 16.9 Å². The number of carbonyl (C=O) groups is 1. The highest BCUT2D eigenvalue weighted by molar-refractivity contribution is 6.00. The molecule has 1 aromatic carbocycles. The third-order valence-corrected chi connectivity index (χ3v) is 6.02. The first-order valence-electron chi connectivity index (χ1n) is 10.7. The molecule has 30 heavy (non-hydrogen) atoms. The summed E-state index contributed by atoms with van der Waals surface area (Å²) in [7, 11) is 2.04. The second kappa shape index (κ2) is 8.26. The highest BCUT2D eigenvalue weighted by atomic mass is 19.1. The van der Waals surface area contributed by atoms with Gasteiger partial charge in [-0.25, -0.2) is 4.39 Å². The van der Waals surface area contributed by atoms with Gasteiger partial charge in [0.15, 0.2) is 11.6 Å². The number of nitrogens with one attached hydrogen (secondary N) is 1. The van der Waals surface area contributed by atoms with E-state index in [1.165, 1.54) is 6.07 Å². The molecule has 8 heteroatoms. The SMILES string of the molecule is CCCCNC(=O)c1cn2c3c(c(N4CCN(C)CC4)c(F)cc3c1=O)OC[C@@H]2C. The predicted molar refractivity (Wildman–Crippen MR) is 115 cm³/mol. The molecule has 1 N–H and O–H groups in total. The molecule has 0 saturated carbocycles. The van der Waals surface area contributed by atoms with E-state index in [1.807, 2.05) is 30.4 Å². The number of hydrogen-bond acceptors (Lipinski definition) is 5. The Kier molecular flexibility index (Phi) is 5.69. The summed E-state index contributed by atoms with van der Waals surface area (Å²) in [6.07, 6.45) is 3.39. The number of likely N-dealkylation sites (N-methyl/N-ethyl adjacent to an activating group) is 1. The van der Waals surface area contributed by atoms with Crippen molar-refractivity contribution >= 4 is 22.5 Å². The van der Waals surface area contributed by atoms with Crippen LogP contribution in [0.25, 0.3) is 10.9 Å². The van der Waals surface area contributed by atoms with Crippen molar-refractivity contribution in [2.45, 2.75) is 32.7 Å². The summed E-state index contributed by atoms with van der Waals surface area (Å²) >= 11 is 0. The summed E-state index contributed by atoms with van der Waals surface area (Å²) in [5.41, 5.74) is 0.568. The van der Waals surface area contributed by atoms with Crippen LogP contribution in [-0.2, 0) is 0 Å². The average molecular weight is 416 g/mol. The predicted octanol–water partition coefficient (Wildman–Crippen LogP) is 2.38. The van der Waals surface area contributed by atoms with Gasteiger partial charge in [-0.1, -0.05) is 13.3 Å². The molecule has 3 heterocycles. The lowest BCUT2D eigenvalue weighted by atomic mass is 10.0. The average Bonchev–Trinajstić information content (AvgIpc) is 2.73. The van der Waals surface area contributed by atoms with Crippen LogP contribution in [0.15, 0.2) is 17.1 Å². The number of benzene rings is 1. The van der Waals surface area contributed by atoms with Crippen LogP contribution in [0.1, 0.15) is 43.1 Å². The Labute approximate surface area is 175 Å². The molecule has 1 fully saturated rings. The van der Waals surface area contributed by atoms with Gasteiger partial charge in [0, 0.05) is 38.9 Å². The van der Waals surface area contributed by atoms with E-state index in [4.69, 9.17) is 4.74 Å². The number of rotatable bonds is 5. The van der Waals surface area contributed by atoms with Crippen molar-refractivity contribution in [3.05, 3.63) is 33.9 Å². The summed E-state index contributed by atoms with van der Waals surface area (Å²) in [4.78, 5) is 29.9. The molecule has 0 radical (unpaired) electrons. The lowest BCUT2D eigenvalue weighted by Crippen LogP contribution is -2.45. The Hall–Kier alpha value is -2.61. The number of hydrogen-bond donors (Lipinski definition) is 1. The number of piperazine rings is 1. The molecular weight excluding hydrogens is 387 g/mol. The quantitative estimate of drug-likeness (QED) is 0.758. The first-order chi connectivity index (χ1) is 14.4. The molecule has 1 amide bonds. The fraction of sp³-hybridized carbons (Fsp3) is 0.545. The van der Waals surface area contributed by atoms with Gasteiger partial charge >= 0.3 is 0 Å². The Bertz CT molecular complexity index is 1030. The van der Waals surface area contributed by atoms with Crippen molar-refractivity contribution in [1.29, 1.82) is 0 Å². The first-order valence-corrected chi connectivity index (χ1v) is 10.7. The molecule has 2 aliphatic heterocycles. The van der Waals surface area contributed by atoms with Gasteiger partial charge in [0.25, 0.3) is 5.91 Å². The van der Waals surface area contributed by atoms with Crippen LogP contribution in [0.5, 0.6) is 5.75 Å². The highest BCUT2D eigenvalue weighted by Crippen LogP contribution is 2.42. The molecular formula is C22H29FN4O3. The van der Waals surface area contributed by atoms with Crippen LogP contribution >= 0.6 is 0 Å². The summed E-state index contributed by atoms with van der Waals surface area (Å²) in [6, 6.07) is 1.20. The van der Waals surface area contributed by atoms with Crippen molar-refractivity contribution in [3.8, 4) is 5.75 Å². The number of ether oxygens (including phenoxy) is 1. The maximum atomic E-state index is 15.3. The van der Waals surface area contributed by atoms with Crippen molar-refractivity contribution in [1.82, 2.24) is 14.8 Å². The van der Waals surface area contributed by atoms with Gasteiger partial charge in [-0.3, -0.25) is 9.59 Å². The van der Waals surface area contributed by atoms with E-state index < -0.39 is 17.2 Å². The van der Waals surface area contributed by atoms with E-state index in [2.05, 4.69) is 10.2 Å². The van der Waals surface area contributed by atoms with Gasteiger partial charge in [0.2, 0.25) is 5.43 Å². The number of pyridine rings is 1. The zero-order chi connectivity index (χ0) is 21.4. The normalized spacial score (nSPS) is 19.1. The Balaban J connectivity index is 1.85. The fourth-order valence-electron chi connectivity index (χ4n) is 4.17. The number of carbonyl (C=O) groups excluding carboxylic acids is 1. The van der Waals surface area contributed by atoms with Gasteiger partial charge in [-0.2, -0.15) is 0 Å². The Morgan fingerprint density at radius 1 is 1.30 bits per heavy atom. The maximum Gasteiger partial charge on any atom is 0.256 e. The van der Waals surface area contributed by atoms with Crippen molar-refractivity contribution in [2.75, 3.05) is 51.3 Å². The van der Waals surface area contributed by atoms with E-state index in [9.17, 15) is 9.59 Å². The van der Waals surface area contributed by atoms with Gasteiger partial charge in [-0.15, -0.1) is 0 Å². The van der Waals surface area contributed by atoms with Crippen LogP contribution in [0, 0.1) is 5.82 Å². The van der Waals surface area contributed by atoms with E-state index in [0.29, 0.717) is 43.2 Å². The van der Waals surface area contributed by atoms with E-state index in [0.717, 1.165) is 25.9 Å². The molecule has 0 unspecified atom stereocenters. The molecule has 1 saturated heterocycles. The van der Waals surface area contributed by atoms with Gasteiger partial charge in [0.1, 0.15) is 17.9 Å². The van der Waals surface area contributed by atoms with Crippen LogP contribution in [0.4, 0.5) is 10.1 Å². The van der Waals surface area contributed by atoms with Gasteiger partial charge < -0.3 is 24.4 Å². The zero-order valence-electron chi connectivity index (χ0n) is 17.8. The molecule has 4 rings (SSSR count).